The van der Waals surface area contributed by atoms with Crippen molar-refractivity contribution >= 4 is 11.3 Å². The van der Waals surface area contributed by atoms with Crippen LogP contribution in [0.5, 0.6) is 5.75 Å². The van der Waals surface area contributed by atoms with Crippen LogP contribution in [0.2, 0.25) is 0 Å². The Morgan fingerprint density at radius 1 is 1.00 bits per heavy atom. The fourth-order valence-corrected chi connectivity index (χ4v) is 4.40. The average molecular weight is 359 g/mol. The molecule has 0 bridgehead atoms. The van der Waals surface area contributed by atoms with Crippen LogP contribution < -0.4 is 4.74 Å². The lowest BCUT2D eigenvalue weighted by molar-refractivity contribution is 0.0916. The van der Waals surface area contributed by atoms with Crippen LogP contribution in [0.1, 0.15) is 66.1 Å². The van der Waals surface area contributed by atoms with Gasteiger partial charge in [0.2, 0.25) is 0 Å². The van der Waals surface area contributed by atoms with Gasteiger partial charge in [-0.3, -0.25) is 4.79 Å². The molecular weight excluding hydrogens is 334 g/mol. The van der Waals surface area contributed by atoms with Crippen molar-refractivity contribution in [3.63, 3.8) is 0 Å². The van der Waals surface area contributed by atoms with Crippen LogP contribution in [-0.4, -0.2) is 10.2 Å². The Hall–Kier alpha value is -2.55. The molecule has 27 heavy (non-hydrogen) atoms. The molecule has 0 amide bonds. The van der Waals surface area contributed by atoms with Crippen molar-refractivity contribution in [2.45, 2.75) is 51.0 Å². The molecule has 3 aromatic rings. The van der Waals surface area contributed by atoms with Gasteiger partial charge in [0.05, 0.1) is 11.2 Å². The van der Waals surface area contributed by atoms with E-state index in [0.717, 1.165) is 35.4 Å². The number of fused-ring (bicyclic) bond motifs is 1. The SMILES string of the molecule is O=C(c1c(C2CC2)cc2c(OCc3ccccc3)cccn12)C1CCCC1. The monoisotopic (exact) mass is 359 g/mol. The molecule has 2 saturated carbocycles. The lowest BCUT2D eigenvalue weighted by Crippen LogP contribution is -2.15. The summed E-state index contributed by atoms with van der Waals surface area (Å²) in [6, 6.07) is 16.4. The second kappa shape index (κ2) is 6.88. The lowest BCUT2D eigenvalue weighted by Gasteiger charge is -2.12. The minimum Gasteiger partial charge on any atom is -0.487 e. The van der Waals surface area contributed by atoms with E-state index in [9.17, 15) is 4.79 Å². The second-order valence-corrected chi connectivity index (χ2v) is 7.97. The molecule has 138 valence electrons. The first-order chi connectivity index (χ1) is 13.3. The summed E-state index contributed by atoms with van der Waals surface area (Å²) >= 11 is 0. The zero-order chi connectivity index (χ0) is 18.2. The minimum atomic E-state index is 0.203. The number of aromatic nitrogens is 1. The molecule has 2 fully saturated rings. The summed E-state index contributed by atoms with van der Waals surface area (Å²) in [7, 11) is 0. The standard InChI is InChI=1S/C24H25NO2/c26-24(19-9-4-5-10-19)23-20(18-12-13-18)15-21-22(11-6-14-25(21)23)27-16-17-7-2-1-3-8-17/h1-3,6-8,11,14-15,18-19H,4-5,9-10,12-13,16H2. The van der Waals surface area contributed by atoms with Crippen molar-refractivity contribution < 1.29 is 9.53 Å². The molecule has 2 aromatic heterocycles. The number of hydrogen-bond donors (Lipinski definition) is 0. The number of hydrogen-bond acceptors (Lipinski definition) is 2. The molecule has 0 N–H and O–H groups in total. The van der Waals surface area contributed by atoms with Crippen molar-refractivity contribution in [1.29, 1.82) is 0 Å². The largest absolute Gasteiger partial charge is 0.487 e. The molecule has 3 heteroatoms. The van der Waals surface area contributed by atoms with E-state index in [1.54, 1.807) is 0 Å². The van der Waals surface area contributed by atoms with Crippen molar-refractivity contribution in [2.24, 2.45) is 5.92 Å². The predicted molar refractivity (Wildman–Crippen MR) is 106 cm³/mol. The first kappa shape index (κ1) is 16.6. The van der Waals surface area contributed by atoms with Gasteiger partial charge < -0.3 is 9.14 Å². The number of carbonyl (C=O) groups is 1. The number of ether oxygens (including phenoxy) is 1. The Balaban J connectivity index is 1.52. The molecule has 0 aliphatic heterocycles. The van der Waals surface area contributed by atoms with Gasteiger partial charge in [-0.15, -0.1) is 0 Å². The molecule has 2 aliphatic carbocycles. The average Bonchev–Trinajstić information content (AvgIpc) is 3.26. The van der Waals surface area contributed by atoms with Crippen molar-refractivity contribution in [1.82, 2.24) is 4.40 Å². The van der Waals surface area contributed by atoms with Gasteiger partial charge >= 0.3 is 0 Å². The Labute approximate surface area is 160 Å². The van der Waals surface area contributed by atoms with E-state index in [1.807, 2.05) is 36.5 Å². The summed E-state index contributed by atoms with van der Waals surface area (Å²) in [5.74, 6) is 1.95. The Kier molecular flexibility index (Phi) is 4.23. The second-order valence-electron chi connectivity index (χ2n) is 7.97. The zero-order valence-corrected chi connectivity index (χ0v) is 15.6. The van der Waals surface area contributed by atoms with Crippen LogP contribution >= 0.6 is 0 Å². The summed E-state index contributed by atoms with van der Waals surface area (Å²) in [4.78, 5) is 13.3. The van der Waals surface area contributed by atoms with Gasteiger partial charge in [-0.25, -0.2) is 0 Å². The molecule has 0 saturated heterocycles. The number of Topliss-reactive ketones (excluding diaryl/α,β-unsaturated/α-hetero) is 1. The van der Waals surface area contributed by atoms with Gasteiger partial charge in [0.15, 0.2) is 5.78 Å². The van der Waals surface area contributed by atoms with Crippen LogP contribution in [0.4, 0.5) is 0 Å². The van der Waals surface area contributed by atoms with Crippen LogP contribution in [0.3, 0.4) is 0 Å². The first-order valence-electron chi connectivity index (χ1n) is 10.2. The van der Waals surface area contributed by atoms with Crippen molar-refractivity contribution in [2.75, 3.05) is 0 Å². The molecule has 1 aromatic carbocycles. The van der Waals surface area contributed by atoms with E-state index in [1.165, 1.54) is 31.2 Å². The normalized spacial score (nSPS) is 17.5. The first-order valence-corrected chi connectivity index (χ1v) is 10.2. The highest BCUT2D eigenvalue weighted by Crippen LogP contribution is 2.45. The maximum absolute atomic E-state index is 13.3. The number of ketones is 1. The Morgan fingerprint density at radius 3 is 2.52 bits per heavy atom. The summed E-state index contributed by atoms with van der Waals surface area (Å²) in [5.41, 5.74) is 4.33. The highest BCUT2D eigenvalue weighted by molar-refractivity contribution is 6.00. The van der Waals surface area contributed by atoms with Gasteiger partial charge in [0, 0.05) is 12.1 Å². The fourth-order valence-electron chi connectivity index (χ4n) is 4.40. The molecule has 2 heterocycles. The molecule has 0 unspecified atom stereocenters. The number of nitrogens with zero attached hydrogens (tertiary/aromatic N) is 1. The summed E-state index contributed by atoms with van der Waals surface area (Å²) in [5, 5.41) is 0. The third-order valence-electron chi connectivity index (χ3n) is 6.01. The zero-order valence-electron chi connectivity index (χ0n) is 15.6. The van der Waals surface area contributed by atoms with E-state index >= 15 is 0 Å². The molecule has 0 atom stereocenters. The van der Waals surface area contributed by atoms with Gasteiger partial charge in [-0.05, 0) is 60.9 Å². The number of rotatable bonds is 6. The molecule has 2 aliphatic rings. The van der Waals surface area contributed by atoms with Crippen LogP contribution in [0.15, 0.2) is 54.7 Å². The number of carbonyl (C=O) groups excluding carboxylic acids is 1. The lowest BCUT2D eigenvalue weighted by atomic mass is 9.96. The van der Waals surface area contributed by atoms with E-state index in [4.69, 9.17) is 4.74 Å². The molecule has 0 spiro atoms. The van der Waals surface area contributed by atoms with Gasteiger partial charge in [0.25, 0.3) is 0 Å². The number of benzene rings is 1. The van der Waals surface area contributed by atoms with Crippen LogP contribution in [0, 0.1) is 5.92 Å². The summed E-state index contributed by atoms with van der Waals surface area (Å²) in [6.07, 6.45) is 8.87. The van der Waals surface area contributed by atoms with Gasteiger partial charge in [-0.2, -0.15) is 0 Å². The van der Waals surface area contributed by atoms with E-state index in [0.29, 0.717) is 18.3 Å². The molecule has 0 radical (unpaired) electrons. The highest BCUT2D eigenvalue weighted by Gasteiger charge is 2.34. The molecular formula is C24H25NO2. The topological polar surface area (TPSA) is 30.7 Å². The van der Waals surface area contributed by atoms with Crippen LogP contribution in [-0.2, 0) is 6.61 Å². The number of pyridine rings is 1. The third kappa shape index (κ3) is 3.16. The van der Waals surface area contributed by atoms with Crippen LogP contribution in [0.25, 0.3) is 5.52 Å². The van der Waals surface area contributed by atoms with Crippen molar-refractivity contribution in [3.8, 4) is 5.75 Å². The molecule has 3 nitrogen and oxygen atoms in total. The summed E-state index contributed by atoms with van der Waals surface area (Å²) in [6.45, 7) is 0.538. The highest BCUT2D eigenvalue weighted by atomic mass is 16.5. The Bertz CT molecular complexity index is 963. The van der Waals surface area contributed by atoms with Crippen molar-refractivity contribution in [3.05, 3.63) is 71.5 Å². The van der Waals surface area contributed by atoms with Gasteiger partial charge in [0.1, 0.15) is 12.4 Å². The minimum absolute atomic E-state index is 0.203. The van der Waals surface area contributed by atoms with Gasteiger partial charge in [-0.1, -0.05) is 43.2 Å². The smallest absolute Gasteiger partial charge is 0.182 e. The van der Waals surface area contributed by atoms with E-state index < -0.39 is 0 Å². The maximum Gasteiger partial charge on any atom is 0.182 e. The van der Waals surface area contributed by atoms with E-state index in [2.05, 4.69) is 22.6 Å². The fraction of sp³-hybridized carbons (Fsp3) is 0.375. The third-order valence-corrected chi connectivity index (χ3v) is 6.01. The molecule has 5 rings (SSSR count). The quantitative estimate of drug-likeness (QED) is 0.523. The predicted octanol–water partition coefficient (Wildman–Crippen LogP) is 5.77. The Morgan fingerprint density at radius 2 is 1.78 bits per heavy atom. The summed E-state index contributed by atoms with van der Waals surface area (Å²) < 4.78 is 8.24. The van der Waals surface area contributed by atoms with E-state index in [-0.39, 0.29) is 5.92 Å². The maximum atomic E-state index is 13.3.